The Morgan fingerprint density at radius 2 is 1.79 bits per heavy atom. The van der Waals surface area contributed by atoms with Crippen LogP contribution in [0, 0.1) is 24.6 Å². The van der Waals surface area contributed by atoms with E-state index in [-0.39, 0.29) is 24.0 Å². The molecule has 0 bridgehead atoms. The van der Waals surface area contributed by atoms with Crippen molar-refractivity contribution in [2.75, 3.05) is 86.2 Å². The van der Waals surface area contributed by atoms with Crippen LogP contribution in [0.5, 0.6) is 5.75 Å². The van der Waals surface area contributed by atoms with E-state index in [0.29, 0.717) is 84.1 Å². The number of fused-ring (bicyclic) bond motifs is 1. The van der Waals surface area contributed by atoms with Gasteiger partial charge in [-0.3, -0.25) is 9.47 Å². The quantitative estimate of drug-likeness (QED) is 0.0194. The predicted octanol–water partition coefficient (Wildman–Crippen LogP) is 8.60. The number of benzene rings is 2. The number of esters is 2. The predicted molar refractivity (Wildman–Crippen MR) is 264 cm³/mol. The topological polar surface area (TPSA) is 134 Å². The average molecular weight is 962 g/mol. The zero-order valence-corrected chi connectivity index (χ0v) is 42.9. The number of aromatic nitrogens is 4. The van der Waals surface area contributed by atoms with Crippen molar-refractivity contribution in [2.24, 2.45) is 4.99 Å². The minimum atomic E-state index is -1.26. The standard InChI is InChI=1S/C48H66FN8O6S2Si/c1-11-62-43(58)33-57(5,6)27-16-12-15-26-55(42-31-35(2)45(53-52-42)51-48-56(34-61-29-30-66(8,9)10)38-20-13-14-21-40(38)64-48)47-50-44(46(59)60-7)41(65-47)22-18-28-63-39-24-23-36(32-37(39)49)19-17-25-54(3)4/h13-14,20-21,23-24,31-32H,11-12,15-16,18,22,25-30,33-34H2,1-10H3/q+1/b51-48-. The maximum Gasteiger partial charge on any atom is 0.361 e. The van der Waals surface area contributed by atoms with E-state index >= 15 is 0 Å². The van der Waals surface area contributed by atoms with Crippen molar-refractivity contribution in [3.05, 3.63) is 80.8 Å². The van der Waals surface area contributed by atoms with E-state index in [9.17, 15) is 14.0 Å². The lowest BCUT2D eigenvalue weighted by Gasteiger charge is -2.28. The van der Waals surface area contributed by atoms with Crippen LogP contribution < -0.4 is 14.4 Å². The molecule has 5 rings (SSSR count). The van der Waals surface area contributed by atoms with Gasteiger partial charge in [-0.25, -0.2) is 19.0 Å². The van der Waals surface area contributed by atoms with Gasteiger partial charge in [0.25, 0.3) is 0 Å². The van der Waals surface area contributed by atoms with Gasteiger partial charge in [0.15, 0.2) is 45.4 Å². The molecular formula is C48H66FN8O6S2Si+. The van der Waals surface area contributed by atoms with Crippen molar-refractivity contribution in [3.8, 4) is 17.6 Å². The van der Waals surface area contributed by atoms with Crippen molar-refractivity contribution in [2.45, 2.75) is 78.4 Å². The number of halogens is 1. The Hall–Kier alpha value is -5.03. The highest BCUT2D eigenvalue weighted by atomic mass is 32.1. The van der Waals surface area contributed by atoms with Gasteiger partial charge < -0.3 is 28.3 Å². The Labute approximate surface area is 398 Å². The van der Waals surface area contributed by atoms with E-state index in [4.69, 9.17) is 34.0 Å². The summed E-state index contributed by atoms with van der Waals surface area (Å²) in [6.45, 7) is 14.6. The Balaban J connectivity index is 1.39. The Morgan fingerprint density at radius 3 is 2.50 bits per heavy atom. The van der Waals surface area contributed by atoms with Crippen LogP contribution >= 0.6 is 22.7 Å². The lowest BCUT2D eigenvalue weighted by Crippen LogP contribution is -2.45. The molecule has 0 atom stereocenters. The minimum absolute atomic E-state index is 0.137. The number of ether oxygens (including phenoxy) is 4. The number of para-hydroxylation sites is 1. The van der Waals surface area contributed by atoms with E-state index in [1.54, 1.807) is 23.5 Å². The molecule has 5 aromatic rings. The highest BCUT2D eigenvalue weighted by molar-refractivity contribution is 7.16. The van der Waals surface area contributed by atoms with Gasteiger partial charge in [-0.15, -0.1) is 21.5 Å². The number of anilines is 2. The molecule has 356 valence electrons. The number of unbranched alkanes of at least 4 members (excludes halogenated alkanes) is 2. The molecule has 2 aromatic carbocycles. The molecule has 0 unspecified atom stereocenters. The molecule has 0 N–H and O–H groups in total. The number of nitrogens with zero attached hydrogens (tertiary/aromatic N) is 8. The Kier molecular flexibility index (Phi) is 19.4. The second-order valence-corrected chi connectivity index (χ2v) is 25.9. The molecule has 0 saturated heterocycles. The van der Waals surface area contributed by atoms with Gasteiger partial charge in [0.1, 0.15) is 6.73 Å². The molecule has 0 spiro atoms. The number of aryl methyl sites for hydroxylation is 2. The van der Waals surface area contributed by atoms with E-state index in [1.807, 2.05) is 70.0 Å². The van der Waals surface area contributed by atoms with Crippen molar-refractivity contribution in [1.29, 1.82) is 0 Å². The largest absolute Gasteiger partial charge is 0.491 e. The normalized spacial score (nSPS) is 12.1. The number of carbonyl (C=O) groups is 2. The number of thiazole rings is 2. The summed E-state index contributed by atoms with van der Waals surface area (Å²) in [5, 5.41) is 9.95. The first-order chi connectivity index (χ1) is 31.5. The first-order valence-corrected chi connectivity index (χ1v) is 27.7. The molecule has 0 saturated carbocycles. The van der Waals surface area contributed by atoms with Crippen LogP contribution in [0.3, 0.4) is 0 Å². The number of carbonyl (C=O) groups excluding carboxylic acids is 2. The zero-order valence-electron chi connectivity index (χ0n) is 40.2. The summed E-state index contributed by atoms with van der Waals surface area (Å²) in [4.78, 5) is 40.7. The molecule has 3 aromatic heterocycles. The van der Waals surface area contributed by atoms with Crippen LogP contribution in [0.1, 0.15) is 59.1 Å². The molecular weight excluding hydrogens is 896 g/mol. The summed E-state index contributed by atoms with van der Waals surface area (Å²) >= 11 is 2.96. The van der Waals surface area contributed by atoms with Gasteiger partial charge >= 0.3 is 11.9 Å². The number of likely N-dealkylation sites (N-methyl/N-ethyl adjacent to an activating group) is 1. The number of rotatable bonds is 24. The number of methoxy groups -OCH3 is 1. The number of hydrogen-bond acceptors (Lipinski definition) is 14. The summed E-state index contributed by atoms with van der Waals surface area (Å²) in [5.74, 6) is 5.93. The second kappa shape index (κ2) is 24.7. The minimum Gasteiger partial charge on any atom is -0.491 e. The molecule has 14 nitrogen and oxygen atoms in total. The van der Waals surface area contributed by atoms with Gasteiger partial charge in [-0.2, -0.15) is 4.99 Å². The number of quaternary nitrogens is 1. The van der Waals surface area contributed by atoms with Crippen molar-refractivity contribution >= 4 is 69.7 Å². The first kappa shape index (κ1) is 51.9. The molecule has 0 radical (unpaired) electrons. The van der Waals surface area contributed by atoms with Crippen LogP contribution in [0.4, 0.5) is 21.2 Å². The summed E-state index contributed by atoms with van der Waals surface area (Å²) in [6.07, 6.45) is 3.45. The molecule has 0 aliphatic carbocycles. The van der Waals surface area contributed by atoms with E-state index in [0.717, 1.165) is 52.4 Å². The molecule has 18 heteroatoms. The van der Waals surface area contributed by atoms with Crippen LogP contribution in [-0.2, 0) is 32.2 Å². The third-order valence-electron chi connectivity index (χ3n) is 10.4. The molecule has 0 aliphatic heterocycles. The van der Waals surface area contributed by atoms with Gasteiger partial charge in [-0.1, -0.05) is 55.0 Å². The van der Waals surface area contributed by atoms with E-state index in [1.165, 1.54) is 24.5 Å². The SMILES string of the molecule is CCOC(=O)C[N+](C)(C)CCCCCN(c1cc(C)c(/N=c2\sc3ccccc3n2COCC[Si](C)(C)C)nn1)c1nc(C(=O)OC)c(CCCOc2ccc(C#CCN(C)C)cc2F)s1. The third-order valence-corrected chi connectivity index (χ3v) is 14.3. The smallest absolute Gasteiger partial charge is 0.361 e. The fourth-order valence-electron chi connectivity index (χ4n) is 6.78. The van der Waals surface area contributed by atoms with Gasteiger partial charge in [0, 0.05) is 31.7 Å². The zero-order chi connectivity index (χ0) is 47.9. The monoisotopic (exact) mass is 961 g/mol. The fourth-order valence-corrected chi connectivity index (χ4v) is 9.68. The van der Waals surface area contributed by atoms with Crippen molar-refractivity contribution in [1.82, 2.24) is 24.6 Å². The Morgan fingerprint density at radius 1 is 1.00 bits per heavy atom. The lowest BCUT2D eigenvalue weighted by molar-refractivity contribution is -0.883. The summed E-state index contributed by atoms with van der Waals surface area (Å²) in [7, 11) is 7.98. The van der Waals surface area contributed by atoms with Gasteiger partial charge in [0.2, 0.25) is 0 Å². The maximum atomic E-state index is 14.9. The molecule has 0 fully saturated rings. The van der Waals surface area contributed by atoms with Crippen molar-refractivity contribution < 1.29 is 37.4 Å². The molecule has 3 heterocycles. The highest BCUT2D eigenvalue weighted by Crippen LogP contribution is 2.34. The van der Waals surface area contributed by atoms with Gasteiger partial charge in [-0.05, 0) is 108 Å². The average Bonchev–Trinajstić information content (AvgIpc) is 3.83. The molecule has 66 heavy (non-hydrogen) atoms. The third kappa shape index (κ3) is 15.8. The van der Waals surface area contributed by atoms with Crippen LogP contribution in [-0.4, -0.2) is 130 Å². The summed E-state index contributed by atoms with van der Waals surface area (Å²) in [5.41, 5.74) is 2.64. The number of hydrogen-bond donors (Lipinski definition) is 0. The van der Waals surface area contributed by atoms with E-state index < -0.39 is 19.9 Å². The first-order valence-electron chi connectivity index (χ1n) is 22.4. The second-order valence-electron chi connectivity index (χ2n) is 18.2. The maximum absolute atomic E-state index is 14.9. The van der Waals surface area contributed by atoms with Crippen molar-refractivity contribution in [3.63, 3.8) is 0 Å². The molecule has 0 aliphatic rings. The fraction of sp³-hybridized carbons (Fsp3) is 0.500. The van der Waals surface area contributed by atoms with Gasteiger partial charge in [0.05, 0.1) is 57.7 Å². The summed E-state index contributed by atoms with van der Waals surface area (Å²) in [6, 6.07) is 15.9. The molecule has 0 amide bonds. The van der Waals surface area contributed by atoms with E-state index in [2.05, 4.69) is 53.3 Å². The highest BCUT2D eigenvalue weighted by Gasteiger charge is 2.25. The Bertz CT molecular complexity index is 2540. The van der Waals surface area contributed by atoms with Crippen LogP contribution in [0.2, 0.25) is 25.7 Å². The summed E-state index contributed by atoms with van der Waals surface area (Å²) < 4.78 is 41.1. The van der Waals surface area contributed by atoms with Crippen LogP contribution in [0.15, 0.2) is 53.5 Å². The van der Waals surface area contributed by atoms with Crippen LogP contribution in [0.25, 0.3) is 10.2 Å². The lowest BCUT2D eigenvalue weighted by atomic mass is 10.2.